The van der Waals surface area contributed by atoms with E-state index in [2.05, 4.69) is 10.5 Å². The lowest BCUT2D eigenvalue weighted by Gasteiger charge is -2.11. The monoisotopic (exact) mass is 356 g/mol. The second-order valence-electron chi connectivity index (χ2n) is 5.72. The molecule has 136 valence electrons. The standard InChI is InChI=1S/C18H20N4O4/c1-21(2)11-12-26-17-9-5-15(6-10-17)18(23)20-19-13-14-3-7-16(8-4-14)22(24)25/h3-10,13H,11-12H2,1-2H3,(H,20,23)/b19-13+. The van der Waals surface area contributed by atoms with E-state index in [4.69, 9.17) is 4.74 Å². The molecule has 0 saturated heterocycles. The molecule has 8 nitrogen and oxygen atoms in total. The molecule has 2 rings (SSSR count). The van der Waals surface area contributed by atoms with E-state index in [-0.39, 0.29) is 11.6 Å². The van der Waals surface area contributed by atoms with Crippen LogP contribution in [-0.2, 0) is 0 Å². The molecular weight excluding hydrogens is 336 g/mol. The van der Waals surface area contributed by atoms with E-state index in [0.29, 0.717) is 23.5 Å². The number of nitro benzene ring substituents is 1. The van der Waals surface area contributed by atoms with E-state index >= 15 is 0 Å². The summed E-state index contributed by atoms with van der Waals surface area (Å²) in [6.07, 6.45) is 1.42. The Kier molecular flexibility index (Phi) is 6.81. The van der Waals surface area contributed by atoms with Gasteiger partial charge in [0.15, 0.2) is 0 Å². The minimum Gasteiger partial charge on any atom is -0.492 e. The summed E-state index contributed by atoms with van der Waals surface area (Å²) in [6, 6.07) is 12.6. The Morgan fingerprint density at radius 3 is 2.42 bits per heavy atom. The minimum atomic E-state index is -0.476. The average Bonchev–Trinajstić information content (AvgIpc) is 2.62. The number of nitro groups is 1. The SMILES string of the molecule is CN(C)CCOc1ccc(C(=O)N/N=C/c2ccc([N+](=O)[O-])cc2)cc1. The summed E-state index contributed by atoms with van der Waals surface area (Å²) >= 11 is 0. The minimum absolute atomic E-state index is 0.000856. The summed E-state index contributed by atoms with van der Waals surface area (Å²) in [4.78, 5) is 24.2. The number of non-ortho nitro benzene ring substituents is 1. The molecule has 0 aliphatic rings. The predicted octanol–water partition coefficient (Wildman–Crippen LogP) is 2.30. The topological polar surface area (TPSA) is 97.1 Å². The number of nitrogens with zero attached hydrogens (tertiary/aromatic N) is 3. The summed E-state index contributed by atoms with van der Waals surface area (Å²) in [5, 5.41) is 14.4. The van der Waals surface area contributed by atoms with Gasteiger partial charge in [0.25, 0.3) is 11.6 Å². The summed E-state index contributed by atoms with van der Waals surface area (Å²) < 4.78 is 5.57. The van der Waals surface area contributed by atoms with E-state index < -0.39 is 4.92 Å². The van der Waals surface area contributed by atoms with E-state index in [1.54, 1.807) is 36.4 Å². The van der Waals surface area contributed by atoms with Gasteiger partial charge in [-0.2, -0.15) is 5.10 Å². The van der Waals surface area contributed by atoms with Crippen molar-refractivity contribution in [2.75, 3.05) is 27.2 Å². The first kappa shape index (κ1) is 19.1. The van der Waals surface area contributed by atoms with Gasteiger partial charge in [0.2, 0.25) is 0 Å². The van der Waals surface area contributed by atoms with Crippen LogP contribution in [0.1, 0.15) is 15.9 Å². The zero-order valence-corrected chi connectivity index (χ0v) is 14.6. The fourth-order valence-corrected chi connectivity index (χ4v) is 1.96. The van der Waals surface area contributed by atoms with E-state index in [1.165, 1.54) is 18.3 Å². The molecular formula is C18H20N4O4. The zero-order valence-electron chi connectivity index (χ0n) is 14.6. The Bertz CT molecular complexity index is 771. The summed E-state index contributed by atoms with van der Waals surface area (Å²) in [5.41, 5.74) is 3.50. The first-order valence-electron chi connectivity index (χ1n) is 7.91. The molecule has 1 N–H and O–H groups in total. The Morgan fingerprint density at radius 2 is 1.85 bits per heavy atom. The molecule has 0 heterocycles. The fourth-order valence-electron chi connectivity index (χ4n) is 1.96. The smallest absolute Gasteiger partial charge is 0.271 e. The molecule has 0 aliphatic heterocycles. The van der Waals surface area contributed by atoms with E-state index in [0.717, 1.165) is 6.54 Å². The number of hydrogen-bond acceptors (Lipinski definition) is 6. The molecule has 0 atom stereocenters. The number of likely N-dealkylation sites (N-methyl/N-ethyl adjacent to an activating group) is 1. The Hall–Kier alpha value is -3.26. The van der Waals surface area contributed by atoms with Gasteiger partial charge in [0, 0.05) is 24.2 Å². The number of nitrogens with one attached hydrogen (secondary N) is 1. The molecule has 0 fully saturated rings. The van der Waals surface area contributed by atoms with Crippen molar-refractivity contribution >= 4 is 17.8 Å². The molecule has 0 bridgehead atoms. The molecule has 0 aromatic heterocycles. The maximum absolute atomic E-state index is 12.0. The highest BCUT2D eigenvalue weighted by Crippen LogP contribution is 2.12. The molecule has 2 aromatic rings. The Labute approximate surface area is 151 Å². The molecule has 0 unspecified atom stereocenters. The van der Waals surface area contributed by atoms with Gasteiger partial charge in [-0.25, -0.2) is 5.43 Å². The molecule has 2 aromatic carbocycles. The lowest BCUT2D eigenvalue weighted by atomic mass is 10.2. The maximum Gasteiger partial charge on any atom is 0.271 e. The number of amides is 1. The number of rotatable bonds is 8. The normalized spacial score (nSPS) is 10.9. The van der Waals surface area contributed by atoms with E-state index in [9.17, 15) is 14.9 Å². The average molecular weight is 356 g/mol. The number of hydrogen-bond donors (Lipinski definition) is 1. The van der Waals surface area contributed by atoms with Crippen molar-refractivity contribution in [2.45, 2.75) is 0 Å². The van der Waals surface area contributed by atoms with Gasteiger partial charge in [-0.3, -0.25) is 14.9 Å². The van der Waals surface area contributed by atoms with Crippen molar-refractivity contribution in [3.63, 3.8) is 0 Å². The van der Waals surface area contributed by atoms with Crippen LogP contribution in [-0.4, -0.2) is 49.2 Å². The molecule has 0 aliphatic carbocycles. The molecule has 0 saturated carbocycles. The van der Waals surface area contributed by atoms with Crippen molar-refractivity contribution in [3.8, 4) is 5.75 Å². The van der Waals surface area contributed by atoms with Crippen LogP contribution < -0.4 is 10.2 Å². The quantitative estimate of drug-likeness (QED) is 0.445. The molecule has 1 amide bonds. The van der Waals surface area contributed by atoms with Gasteiger partial charge in [-0.1, -0.05) is 0 Å². The van der Waals surface area contributed by atoms with Crippen LogP contribution in [0.3, 0.4) is 0 Å². The molecule has 8 heteroatoms. The van der Waals surface area contributed by atoms with Crippen molar-refractivity contribution < 1.29 is 14.5 Å². The molecule has 0 spiro atoms. The summed E-state index contributed by atoms with van der Waals surface area (Å²) in [5.74, 6) is 0.334. The largest absolute Gasteiger partial charge is 0.492 e. The van der Waals surface area contributed by atoms with Crippen molar-refractivity contribution in [3.05, 3.63) is 69.8 Å². The highest BCUT2D eigenvalue weighted by atomic mass is 16.6. The number of benzene rings is 2. The zero-order chi connectivity index (χ0) is 18.9. The number of ether oxygens (including phenoxy) is 1. The van der Waals surface area contributed by atoms with Gasteiger partial charge in [0.1, 0.15) is 12.4 Å². The Morgan fingerprint density at radius 1 is 1.19 bits per heavy atom. The van der Waals surface area contributed by atoms with Gasteiger partial charge in [-0.05, 0) is 56.1 Å². The third-order valence-electron chi connectivity index (χ3n) is 3.41. The van der Waals surface area contributed by atoms with E-state index in [1.807, 2.05) is 19.0 Å². The van der Waals surface area contributed by atoms with Gasteiger partial charge in [0.05, 0.1) is 11.1 Å². The first-order chi connectivity index (χ1) is 12.5. The summed E-state index contributed by atoms with van der Waals surface area (Å²) in [7, 11) is 3.93. The van der Waals surface area contributed by atoms with Crippen molar-refractivity contribution in [2.24, 2.45) is 5.10 Å². The van der Waals surface area contributed by atoms with Crippen LogP contribution in [0.5, 0.6) is 5.75 Å². The number of carbonyl (C=O) groups is 1. The van der Waals surface area contributed by atoms with Crippen LogP contribution in [0.2, 0.25) is 0 Å². The maximum atomic E-state index is 12.0. The van der Waals surface area contributed by atoms with Crippen molar-refractivity contribution in [1.29, 1.82) is 0 Å². The first-order valence-corrected chi connectivity index (χ1v) is 7.91. The third-order valence-corrected chi connectivity index (χ3v) is 3.41. The molecule has 0 radical (unpaired) electrons. The highest BCUT2D eigenvalue weighted by molar-refractivity contribution is 5.95. The van der Waals surface area contributed by atoms with Gasteiger partial charge < -0.3 is 9.64 Å². The van der Waals surface area contributed by atoms with Crippen LogP contribution >= 0.6 is 0 Å². The predicted molar refractivity (Wildman–Crippen MR) is 98.6 cm³/mol. The molecule has 26 heavy (non-hydrogen) atoms. The second-order valence-corrected chi connectivity index (χ2v) is 5.72. The fraction of sp³-hybridized carbons (Fsp3) is 0.222. The number of carbonyl (C=O) groups excluding carboxylic acids is 1. The van der Waals surface area contributed by atoms with Gasteiger partial charge >= 0.3 is 0 Å². The van der Waals surface area contributed by atoms with Gasteiger partial charge in [-0.15, -0.1) is 0 Å². The van der Waals surface area contributed by atoms with Crippen LogP contribution in [0, 0.1) is 10.1 Å². The van der Waals surface area contributed by atoms with Crippen LogP contribution in [0.4, 0.5) is 5.69 Å². The van der Waals surface area contributed by atoms with Crippen LogP contribution in [0.25, 0.3) is 0 Å². The summed E-state index contributed by atoms with van der Waals surface area (Å²) in [6.45, 7) is 1.37. The second kappa shape index (κ2) is 9.28. The lowest BCUT2D eigenvalue weighted by Crippen LogP contribution is -2.19. The Balaban J connectivity index is 1.86. The third kappa shape index (κ3) is 5.99. The van der Waals surface area contributed by atoms with Crippen molar-refractivity contribution in [1.82, 2.24) is 10.3 Å². The van der Waals surface area contributed by atoms with Crippen LogP contribution in [0.15, 0.2) is 53.6 Å². The lowest BCUT2D eigenvalue weighted by molar-refractivity contribution is -0.384. The number of hydrazone groups is 1. The highest BCUT2D eigenvalue weighted by Gasteiger charge is 2.05.